The Hall–Kier alpha value is -3.82. The van der Waals surface area contributed by atoms with Gasteiger partial charge in [-0.25, -0.2) is 4.98 Å². The molecule has 0 radical (unpaired) electrons. The van der Waals surface area contributed by atoms with Gasteiger partial charge in [0.2, 0.25) is 0 Å². The van der Waals surface area contributed by atoms with E-state index in [-0.39, 0.29) is 29.8 Å². The van der Waals surface area contributed by atoms with Crippen LogP contribution in [0.25, 0.3) is 0 Å². The van der Waals surface area contributed by atoms with Crippen molar-refractivity contribution in [3.8, 4) is 0 Å². The second-order valence-corrected chi connectivity index (χ2v) is 10.9. The van der Waals surface area contributed by atoms with Crippen LogP contribution in [-0.2, 0) is 11.3 Å². The van der Waals surface area contributed by atoms with Crippen LogP contribution in [0.4, 0.5) is 0 Å². The number of amides is 2. The summed E-state index contributed by atoms with van der Waals surface area (Å²) in [6.45, 7) is 10.5. The van der Waals surface area contributed by atoms with Gasteiger partial charge in [-0.15, -0.1) is 0 Å². The van der Waals surface area contributed by atoms with Gasteiger partial charge in [0.15, 0.2) is 0 Å². The van der Waals surface area contributed by atoms with Crippen LogP contribution in [0.2, 0.25) is 0 Å². The molecule has 1 unspecified atom stereocenters. The molecule has 4 rings (SSSR count). The van der Waals surface area contributed by atoms with Crippen molar-refractivity contribution >= 4 is 11.8 Å². The van der Waals surface area contributed by atoms with Crippen molar-refractivity contribution in [3.63, 3.8) is 0 Å². The fourth-order valence-corrected chi connectivity index (χ4v) is 5.29. The van der Waals surface area contributed by atoms with Gasteiger partial charge in [0.25, 0.3) is 17.4 Å². The normalized spacial score (nSPS) is 14.2. The van der Waals surface area contributed by atoms with Gasteiger partial charge in [0, 0.05) is 25.2 Å². The minimum Gasteiger partial charge on any atom is -0.378 e. The molecule has 218 valence electrons. The maximum atomic E-state index is 14.3. The van der Waals surface area contributed by atoms with Gasteiger partial charge >= 0.3 is 0 Å². The number of hydrogen-bond donors (Lipinski definition) is 1. The summed E-state index contributed by atoms with van der Waals surface area (Å²) < 4.78 is 6.99. The predicted octanol–water partition coefficient (Wildman–Crippen LogP) is 3.57. The molecule has 1 saturated heterocycles. The molecule has 2 heterocycles. The molecule has 0 spiro atoms. The van der Waals surface area contributed by atoms with Crippen LogP contribution in [0.3, 0.4) is 0 Å². The molecule has 1 aliphatic rings. The van der Waals surface area contributed by atoms with Crippen LogP contribution in [0.5, 0.6) is 0 Å². The second kappa shape index (κ2) is 13.7. The van der Waals surface area contributed by atoms with Gasteiger partial charge in [0.05, 0.1) is 31.5 Å². The molecule has 3 aromatic rings. The Morgan fingerprint density at radius 3 is 2.29 bits per heavy atom. The Morgan fingerprint density at radius 2 is 1.68 bits per heavy atom. The summed E-state index contributed by atoms with van der Waals surface area (Å²) in [5.74, 6) is -0.115. The molecule has 2 N–H and O–H groups in total. The third-order valence-corrected chi connectivity index (χ3v) is 7.47. The molecule has 1 aliphatic heterocycles. The van der Waals surface area contributed by atoms with Gasteiger partial charge in [-0.05, 0) is 50.4 Å². The first kappa shape index (κ1) is 30.1. The highest BCUT2D eigenvalue weighted by molar-refractivity contribution is 5.95. The van der Waals surface area contributed by atoms with Crippen molar-refractivity contribution in [3.05, 3.63) is 98.7 Å². The Balaban J connectivity index is 1.88. The van der Waals surface area contributed by atoms with E-state index in [4.69, 9.17) is 15.5 Å². The fourth-order valence-electron chi connectivity index (χ4n) is 5.29. The van der Waals surface area contributed by atoms with Crippen molar-refractivity contribution in [2.24, 2.45) is 11.7 Å². The molecule has 1 atom stereocenters. The largest absolute Gasteiger partial charge is 0.378 e. The Kier molecular flexibility index (Phi) is 10.1. The number of benzene rings is 2. The summed E-state index contributed by atoms with van der Waals surface area (Å²) in [4.78, 5) is 50.2. The lowest BCUT2D eigenvalue weighted by Gasteiger charge is -2.36. The first-order valence-electron chi connectivity index (χ1n) is 14.3. The van der Waals surface area contributed by atoms with Gasteiger partial charge in [-0.3, -0.25) is 19.0 Å². The minimum absolute atomic E-state index is 0.0625. The van der Waals surface area contributed by atoms with Crippen LogP contribution >= 0.6 is 0 Å². The zero-order valence-electron chi connectivity index (χ0n) is 24.5. The van der Waals surface area contributed by atoms with E-state index in [9.17, 15) is 14.4 Å². The summed E-state index contributed by atoms with van der Waals surface area (Å²) in [6, 6.07) is 16.6. The maximum absolute atomic E-state index is 14.3. The molecule has 41 heavy (non-hydrogen) atoms. The van der Waals surface area contributed by atoms with Crippen LogP contribution < -0.4 is 11.3 Å². The highest BCUT2D eigenvalue weighted by atomic mass is 16.5. The Bertz CT molecular complexity index is 1400. The second-order valence-electron chi connectivity index (χ2n) is 10.9. The van der Waals surface area contributed by atoms with E-state index in [1.807, 2.05) is 75.4 Å². The molecule has 0 aliphatic carbocycles. The van der Waals surface area contributed by atoms with Gasteiger partial charge in [-0.1, -0.05) is 61.9 Å². The predicted molar refractivity (Wildman–Crippen MR) is 159 cm³/mol. The average molecular weight is 560 g/mol. The maximum Gasteiger partial charge on any atom is 0.267 e. The molecule has 2 aromatic carbocycles. The standard InChI is InChI=1S/C32H41N5O4/c1-22(2)28(36(16-8-15-33)30(38)26-13-11-23(3)12-14-26)29-34-24(4)27(31(39)35-17-19-41-20-18-35)32(40)37(29)21-25-9-6-5-7-10-25/h5-7,9-14,22,28H,8,15-21,33H2,1-4H3. The number of aryl methyl sites for hydroxylation is 2. The minimum atomic E-state index is -0.530. The monoisotopic (exact) mass is 559 g/mol. The lowest BCUT2D eigenvalue weighted by molar-refractivity contribution is 0.0299. The zero-order valence-corrected chi connectivity index (χ0v) is 24.5. The van der Waals surface area contributed by atoms with Crippen molar-refractivity contribution in [2.45, 2.75) is 46.7 Å². The van der Waals surface area contributed by atoms with Crippen molar-refractivity contribution in [2.75, 3.05) is 39.4 Å². The number of carbonyl (C=O) groups is 2. The van der Waals surface area contributed by atoms with Crippen LogP contribution in [0.1, 0.15) is 69.7 Å². The van der Waals surface area contributed by atoms with E-state index >= 15 is 0 Å². The van der Waals surface area contributed by atoms with Crippen LogP contribution in [0, 0.1) is 19.8 Å². The quantitative estimate of drug-likeness (QED) is 0.407. The summed E-state index contributed by atoms with van der Waals surface area (Å²) in [5.41, 5.74) is 8.43. The molecular formula is C32H41N5O4. The first-order valence-corrected chi connectivity index (χ1v) is 14.3. The average Bonchev–Trinajstić information content (AvgIpc) is 2.97. The van der Waals surface area contributed by atoms with Gasteiger partial charge in [0.1, 0.15) is 11.4 Å². The van der Waals surface area contributed by atoms with E-state index in [1.54, 1.807) is 21.3 Å². The van der Waals surface area contributed by atoms with Crippen LogP contribution in [0.15, 0.2) is 59.4 Å². The molecule has 0 saturated carbocycles. The Labute approximate surface area is 241 Å². The molecule has 9 heteroatoms. The van der Waals surface area contributed by atoms with E-state index in [0.717, 1.165) is 11.1 Å². The number of ether oxygens (including phenoxy) is 1. The van der Waals surface area contributed by atoms with Crippen molar-refractivity contribution in [1.82, 2.24) is 19.4 Å². The lowest BCUT2D eigenvalue weighted by atomic mass is 9.98. The van der Waals surface area contributed by atoms with Crippen molar-refractivity contribution < 1.29 is 14.3 Å². The topological polar surface area (TPSA) is 111 Å². The molecular weight excluding hydrogens is 518 g/mol. The van der Waals surface area contributed by atoms with Gasteiger partial charge < -0.3 is 20.3 Å². The lowest BCUT2D eigenvalue weighted by Crippen LogP contribution is -2.46. The molecule has 9 nitrogen and oxygen atoms in total. The van der Waals surface area contributed by atoms with E-state index < -0.39 is 11.6 Å². The van der Waals surface area contributed by atoms with Crippen LogP contribution in [-0.4, -0.2) is 70.6 Å². The fraction of sp³-hybridized carbons (Fsp3) is 0.438. The summed E-state index contributed by atoms with van der Waals surface area (Å²) in [5, 5.41) is 0. The number of morpholine rings is 1. The smallest absolute Gasteiger partial charge is 0.267 e. The highest BCUT2D eigenvalue weighted by Gasteiger charge is 2.34. The molecule has 2 amide bonds. The van der Waals surface area contributed by atoms with E-state index in [2.05, 4.69) is 0 Å². The number of carbonyl (C=O) groups excluding carboxylic acids is 2. The van der Waals surface area contributed by atoms with E-state index in [0.29, 0.717) is 62.9 Å². The van der Waals surface area contributed by atoms with Gasteiger partial charge in [-0.2, -0.15) is 0 Å². The summed E-state index contributed by atoms with van der Waals surface area (Å²) in [6.07, 6.45) is 0.594. The summed E-state index contributed by atoms with van der Waals surface area (Å²) in [7, 11) is 0. The first-order chi connectivity index (χ1) is 19.7. The zero-order chi connectivity index (χ0) is 29.5. The number of aromatic nitrogens is 2. The number of nitrogens with two attached hydrogens (primary N) is 1. The summed E-state index contributed by atoms with van der Waals surface area (Å²) >= 11 is 0. The molecule has 1 fully saturated rings. The third kappa shape index (κ3) is 6.92. The van der Waals surface area contributed by atoms with E-state index in [1.165, 1.54) is 0 Å². The molecule has 0 bridgehead atoms. The third-order valence-electron chi connectivity index (χ3n) is 7.47. The Morgan fingerprint density at radius 1 is 1.02 bits per heavy atom. The molecule has 1 aromatic heterocycles. The number of hydrogen-bond acceptors (Lipinski definition) is 6. The number of rotatable bonds is 10. The highest BCUT2D eigenvalue weighted by Crippen LogP contribution is 2.30. The van der Waals surface area contributed by atoms with Crippen molar-refractivity contribution in [1.29, 1.82) is 0 Å². The number of nitrogens with zero attached hydrogens (tertiary/aromatic N) is 4. The SMILES string of the molecule is Cc1ccc(C(=O)N(CCCN)C(c2nc(C)c(C(=O)N3CCOCC3)c(=O)n2Cc2ccccc2)C(C)C)cc1.